The van der Waals surface area contributed by atoms with Gasteiger partial charge in [-0.25, -0.2) is 13.2 Å². The summed E-state index contributed by atoms with van der Waals surface area (Å²) in [6.07, 6.45) is 1.76. The van der Waals surface area contributed by atoms with Crippen LogP contribution in [0.4, 0.5) is 5.69 Å². The van der Waals surface area contributed by atoms with Gasteiger partial charge in [-0.15, -0.1) is 22.7 Å². The van der Waals surface area contributed by atoms with Crippen molar-refractivity contribution in [2.45, 2.75) is 36.4 Å². The second-order valence-electron chi connectivity index (χ2n) is 7.62. The van der Waals surface area contributed by atoms with Crippen molar-refractivity contribution >= 4 is 61.9 Å². The maximum absolute atomic E-state index is 13.4. The Morgan fingerprint density at radius 2 is 1.91 bits per heavy atom. The van der Waals surface area contributed by atoms with Crippen LogP contribution >= 0.6 is 34.3 Å². The highest BCUT2D eigenvalue weighted by molar-refractivity contribution is 7.91. The maximum Gasteiger partial charge on any atom is 0.350 e. The molecule has 1 aromatic carbocycles. The Morgan fingerprint density at radius 3 is 2.59 bits per heavy atom. The fourth-order valence-corrected chi connectivity index (χ4v) is 8.08. The number of benzene rings is 1. The number of hydrogen-bond donors (Lipinski definition) is 1. The van der Waals surface area contributed by atoms with Gasteiger partial charge < -0.3 is 10.1 Å². The minimum Gasteiger partial charge on any atom is -0.462 e. The zero-order chi connectivity index (χ0) is 24.3. The van der Waals surface area contributed by atoms with Crippen LogP contribution in [0.5, 0.6) is 0 Å². The summed E-state index contributed by atoms with van der Waals surface area (Å²) in [4.78, 5) is 27.0. The zero-order valence-electron chi connectivity index (χ0n) is 18.3. The molecule has 0 saturated carbocycles. The molecule has 4 rings (SSSR count). The third kappa shape index (κ3) is 5.21. The van der Waals surface area contributed by atoms with Gasteiger partial charge in [0.2, 0.25) is 5.91 Å². The van der Waals surface area contributed by atoms with Gasteiger partial charge in [0.1, 0.15) is 15.1 Å². The van der Waals surface area contributed by atoms with E-state index in [0.717, 1.165) is 28.2 Å². The molecule has 1 amide bonds. The Kier molecular flexibility index (Phi) is 7.73. The van der Waals surface area contributed by atoms with Crippen molar-refractivity contribution in [1.82, 2.24) is 4.31 Å². The molecule has 7 nitrogen and oxygen atoms in total. The highest BCUT2D eigenvalue weighted by Gasteiger charge is 2.39. The zero-order valence-corrected chi connectivity index (χ0v) is 21.5. The number of piperidine rings is 1. The lowest BCUT2D eigenvalue weighted by Gasteiger charge is -2.33. The number of thiophene rings is 2. The molecular formula is C23H23ClN2O5S3. The van der Waals surface area contributed by atoms with Crippen molar-refractivity contribution in [3.05, 3.63) is 57.7 Å². The third-order valence-corrected chi connectivity index (χ3v) is 10.1. The Hall–Kier alpha value is -2.24. The van der Waals surface area contributed by atoms with E-state index < -0.39 is 27.9 Å². The van der Waals surface area contributed by atoms with Gasteiger partial charge in [-0.05, 0) is 43.5 Å². The van der Waals surface area contributed by atoms with Crippen LogP contribution in [0, 0.1) is 0 Å². The van der Waals surface area contributed by atoms with E-state index in [4.69, 9.17) is 16.3 Å². The van der Waals surface area contributed by atoms with Gasteiger partial charge in [0.25, 0.3) is 10.0 Å². The predicted octanol–water partition coefficient (Wildman–Crippen LogP) is 5.49. The van der Waals surface area contributed by atoms with Crippen LogP contribution in [0.2, 0.25) is 4.34 Å². The minimum absolute atomic E-state index is 0.103. The highest BCUT2D eigenvalue weighted by atomic mass is 35.5. The number of halogens is 1. The average molecular weight is 539 g/mol. The van der Waals surface area contributed by atoms with E-state index in [1.807, 2.05) is 30.3 Å². The number of anilines is 1. The highest BCUT2D eigenvalue weighted by Crippen LogP contribution is 2.37. The van der Waals surface area contributed by atoms with Crippen LogP contribution < -0.4 is 5.32 Å². The first-order valence-corrected chi connectivity index (χ1v) is 14.2. The molecular weight excluding hydrogens is 516 g/mol. The molecule has 1 N–H and O–H groups in total. The van der Waals surface area contributed by atoms with Gasteiger partial charge in [0, 0.05) is 11.4 Å². The molecule has 180 valence electrons. The number of rotatable bonds is 7. The fourth-order valence-electron chi connectivity index (χ4n) is 3.80. The van der Waals surface area contributed by atoms with Gasteiger partial charge in [-0.2, -0.15) is 4.31 Å². The van der Waals surface area contributed by atoms with Crippen LogP contribution in [0.15, 0.2) is 52.7 Å². The van der Waals surface area contributed by atoms with Crippen LogP contribution in [0.25, 0.3) is 10.4 Å². The van der Waals surface area contributed by atoms with Crippen molar-refractivity contribution in [1.29, 1.82) is 0 Å². The molecule has 1 atom stereocenters. The van der Waals surface area contributed by atoms with Crippen LogP contribution in [0.3, 0.4) is 0 Å². The number of carbonyl (C=O) groups is 2. The SMILES string of the molecule is CCOC(=O)c1sc(-c2ccccc2)cc1NC(=O)C1CCCCN1S(=O)(=O)c1ccc(Cl)s1. The number of esters is 1. The number of amides is 1. The smallest absolute Gasteiger partial charge is 0.350 e. The molecule has 0 spiro atoms. The second-order valence-corrected chi connectivity index (χ2v) is 12.5. The number of ether oxygens (including phenoxy) is 1. The molecule has 0 radical (unpaired) electrons. The van der Waals surface area contributed by atoms with Crippen molar-refractivity contribution in [2.75, 3.05) is 18.5 Å². The summed E-state index contributed by atoms with van der Waals surface area (Å²) in [5.41, 5.74) is 1.21. The summed E-state index contributed by atoms with van der Waals surface area (Å²) < 4.78 is 33.4. The quantitative estimate of drug-likeness (QED) is 0.402. The minimum atomic E-state index is -3.88. The van der Waals surface area contributed by atoms with E-state index in [-0.39, 0.29) is 22.2 Å². The fraction of sp³-hybridized carbons (Fsp3) is 0.304. The van der Waals surface area contributed by atoms with Crippen molar-refractivity contribution in [3.63, 3.8) is 0 Å². The van der Waals surface area contributed by atoms with Crippen molar-refractivity contribution in [3.8, 4) is 10.4 Å². The molecule has 1 aliphatic rings. The van der Waals surface area contributed by atoms with Gasteiger partial charge in [-0.1, -0.05) is 48.4 Å². The Bertz CT molecular complexity index is 1290. The first-order chi connectivity index (χ1) is 16.3. The summed E-state index contributed by atoms with van der Waals surface area (Å²) in [5.74, 6) is -1.01. The maximum atomic E-state index is 13.4. The molecule has 1 fully saturated rings. The number of sulfonamides is 1. The number of nitrogens with zero attached hydrogens (tertiary/aromatic N) is 1. The van der Waals surface area contributed by atoms with Crippen LogP contribution in [-0.2, 0) is 19.6 Å². The second kappa shape index (κ2) is 10.6. The Morgan fingerprint density at radius 1 is 1.15 bits per heavy atom. The lowest BCUT2D eigenvalue weighted by molar-refractivity contribution is -0.120. The van der Waals surface area contributed by atoms with E-state index in [1.54, 1.807) is 13.0 Å². The van der Waals surface area contributed by atoms with E-state index in [2.05, 4.69) is 5.32 Å². The van der Waals surface area contributed by atoms with E-state index in [1.165, 1.54) is 27.8 Å². The third-order valence-electron chi connectivity index (χ3n) is 5.38. The normalized spacial score (nSPS) is 16.8. The molecule has 3 heterocycles. The molecule has 2 aromatic heterocycles. The van der Waals surface area contributed by atoms with Crippen LogP contribution in [-0.4, -0.2) is 43.8 Å². The van der Waals surface area contributed by atoms with E-state index in [9.17, 15) is 18.0 Å². The first kappa shape index (κ1) is 24.9. The van der Waals surface area contributed by atoms with Gasteiger partial charge in [0.15, 0.2) is 0 Å². The van der Waals surface area contributed by atoms with E-state index >= 15 is 0 Å². The van der Waals surface area contributed by atoms with E-state index in [0.29, 0.717) is 22.9 Å². The molecule has 11 heteroatoms. The van der Waals surface area contributed by atoms with Gasteiger partial charge in [0.05, 0.1) is 16.6 Å². The molecule has 1 unspecified atom stereocenters. The lowest BCUT2D eigenvalue weighted by atomic mass is 10.0. The van der Waals surface area contributed by atoms with Gasteiger partial charge >= 0.3 is 5.97 Å². The van der Waals surface area contributed by atoms with Crippen LogP contribution in [0.1, 0.15) is 35.9 Å². The number of hydrogen-bond acceptors (Lipinski definition) is 7. The van der Waals surface area contributed by atoms with Gasteiger partial charge in [-0.3, -0.25) is 4.79 Å². The summed E-state index contributed by atoms with van der Waals surface area (Å²) >= 11 is 8.14. The number of carbonyl (C=O) groups excluding carboxylic acids is 2. The Balaban J connectivity index is 1.64. The summed E-state index contributed by atoms with van der Waals surface area (Å²) in [7, 11) is -3.88. The first-order valence-electron chi connectivity index (χ1n) is 10.8. The molecule has 1 aliphatic heterocycles. The molecule has 0 bridgehead atoms. The molecule has 3 aromatic rings. The number of nitrogens with one attached hydrogen (secondary N) is 1. The molecule has 34 heavy (non-hydrogen) atoms. The lowest BCUT2D eigenvalue weighted by Crippen LogP contribution is -2.49. The summed E-state index contributed by atoms with van der Waals surface area (Å²) in [6.45, 7) is 2.14. The van der Waals surface area contributed by atoms with Crippen molar-refractivity contribution in [2.24, 2.45) is 0 Å². The topological polar surface area (TPSA) is 92.8 Å². The summed E-state index contributed by atoms with van der Waals surface area (Å²) in [5, 5.41) is 2.81. The monoisotopic (exact) mass is 538 g/mol. The Labute approximate surface area is 211 Å². The average Bonchev–Trinajstić information content (AvgIpc) is 3.47. The largest absolute Gasteiger partial charge is 0.462 e. The summed E-state index contributed by atoms with van der Waals surface area (Å²) in [6, 6.07) is 13.3. The molecule has 1 saturated heterocycles. The predicted molar refractivity (Wildman–Crippen MR) is 135 cm³/mol. The van der Waals surface area contributed by atoms with Crippen molar-refractivity contribution < 1.29 is 22.7 Å². The molecule has 0 aliphatic carbocycles. The standard InChI is InChI=1S/C23H23ClN2O5S3/c1-2-31-23(28)21-16(14-18(32-21)15-8-4-3-5-9-15)25-22(27)17-10-6-7-13-26(17)34(29,30)20-12-11-19(24)33-20/h3-5,8-9,11-12,14,17H,2,6-7,10,13H2,1H3,(H,25,27).